The van der Waals surface area contributed by atoms with Gasteiger partial charge < -0.3 is 20.7 Å². The van der Waals surface area contributed by atoms with Gasteiger partial charge in [0.1, 0.15) is 11.9 Å². The number of benzene rings is 1. The number of ether oxygens (including phenoxy) is 1. The zero-order valence-corrected chi connectivity index (χ0v) is 21.7. The van der Waals surface area contributed by atoms with E-state index in [1.165, 1.54) is 18.6 Å². The molecule has 2 amide bonds. The number of hydrogen-bond acceptors (Lipinski definition) is 5. The van der Waals surface area contributed by atoms with Crippen molar-refractivity contribution >= 4 is 11.8 Å². The van der Waals surface area contributed by atoms with Crippen molar-refractivity contribution in [2.45, 2.75) is 83.0 Å². The quantitative estimate of drug-likeness (QED) is 0.542. The molecular weight excluding hydrogens is 459 g/mol. The second-order valence-corrected chi connectivity index (χ2v) is 11.0. The molecule has 0 radical (unpaired) electrons. The van der Waals surface area contributed by atoms with Crippen molar-refractivity contribution in [3.63, 3.8) is 0 Å². The van der Waals surface area contributed by atoms with E-state index in [1.54, 1.807) is 11.8 Å². The number of nitrogens with one attached hydrogen (secondary N) is 1. The highest BCUT2D eigenvalue weighted by Gasteiger charge is 2.38. The Morgan fingerprint density at radius 3 is 2.58 bits per heavy atom. The lowest BCUT2D eigenvalue weighted by atomic mass is 9.81. The maximum Gasteiger partial charge on any atom is 0.242 e. The highest BCUT2D eigenvalue weighted by Crippen LogP contribution is 2.29. The zero-order valence-electron chi connectivity index (χ0n) is 21.7. The Bertz CT molecular complexity index is 861. The molecule has 3 aliphatic rings. The third-order valence-electron chi connectivity index (χ3n) is 8.35. The van der Waals surface area contributed by atoms with Gasteiger partial charge in [0.05, 0.1) is 6.10 Å². The predicted octanol–water partition coefficient (Wildman–Crippen LogP) is 3.07. The van der Waals surface area contributed by atoms with Gasteiger partial charge in [0, 0.05) is 45.8 Å². The van der Waals surface area contributed by atoms with Gasteiger partial charge in [-0.1, -0.05) is 18.6 Å². The normalized spacial score (nSPS) is 28.9. The number of likely N-dealkylation sites (tertiary alicyclic amines) is 1. The summed E-state index contributed by atoms with van der Waals surface area (Å²) in [6.45, 7) is 5.70. The fourth-order valence-corrected chi connectivity index (χ4v) is 6.29. The SMILES string of the molecule is CC(=O)N1CCC(N(Cc2ccc(F)cc2)CC2CCCO2)C[C@@H]1C(=O)NCC1CCCC(CN)C1. The first-order chi connectivity index (χ1) is 17.4. The number of nitrogens with two attached hydrogens (primary N) is 1. The number of amides is 2. The highest BCUT2D eigenvalue weighted by molar-refractivity contribution is 5.87. The molecule has 4 unspecified atom stereocenters. The van der Waals surface area contributed by atoms with E-state index in [2.05, 4.69) is 10.2 Å². The molecule has 7 nitrogen and oxygen atoms in total. The van der Waals surface area contributed by atoms with E-state index >= 15 is 0 Å². The molecule has 2 saturated heterocycles. The number of carbonyl (C=O) groups excluding carboxylic acids is 2. The van der Waals surface area contributed by atoms with Crippen LogP contribution in [0.25, 0.3) is 0 Å². The lowest BCUT2D eigenvalue weighted by molar-refractivity contribution is -0.142. The van der Waals surface area contributed by atoms with E-state index in [-0.39, 0.29) is 29.8 Å². The van der Waals surface area contributed by atoms with Gasteiger partial charge in [-0.15, -0.1) is 0 Å². The molecule has 8 heteroatoms. The van der Waals surface area contributed by atoms with E-state index in [0.717, 1.165) is 57.2 Å². The van der Waals surface area contributed by atoms with Crippen LogP contribution in [0.4, 0.5) is 4.39 Å². The number of hydrogen-bond donors (Lipinski definition) is 2. The first kappa shape index (κ1) is 27.0. The van der Waals surface area contributed by atoms with Gasteiger partial charge in [0.25, 0.3) is 0 Å². The molecule has 3 fully saturated rings. The minimum atomic E-state index is -0.477. The molecule has 4 rings (SSSR count). The highest BCUT2D eigenvalue weighted by atomic mass is 19.1. The number of halogens is 1. The molecule has 0 aromatic heterocycles. The number of rotatable bonds is 9. The maximum atomic E-state index is 13.5. The summed E-state index contributed by atoms with van der Waals surface area (Å²) in [7, 11) is 0. The fraction of sp³-hybridized carbons (Fsp3) is 0.714. The van der Waals surface area contributed by atoms with Crippen LogP contribution >= 0.6 is 0 Å². The fourth-order valence-electron chi connectivity index (χ4n) is 6.29. The predicted molar refractivity (Wildman–Crippen MR) is 137 cm³/mol. The summed E-state index contributed by atoms with van der Waals surface area (Å²) in [6.07, 6.45) is 8.18. The van der Waals surface area contributed by atoms with E-state index in [1.807, 2.05) is 12.1 Å². The lowest BCUT2D eigenvalue weighted by Crippen LogP contribution is -2.57. The van der Waals surface area contributed by atoms with Gasteiger partial charge in [0.15, 0.2) is 0 Å². The summed E-state index contributed by atoms with van der Waals surface area (Å²) in [5.74, 6) is 0.649. The average molecular weight is 503 g/mol. The second-order valence-electron chi connectivity index (χ2n) is 11.0. The van der Waals surface area contributed by atoms with Gasteiger partial charge in [-0.25, -0.2) is 4.39 Å². The summed E-state index contributed by atoms with van der Waals surface area (Å²) < 4.78 is 19.4. The summed E-state index contributed by atoms with van der Waals surface area (Å²) >= 11 is 0. The molecule has 1 aromatic carbocycles. The van der Waals surface area contributed by atoms with Crippen LogP contribution in [0.1, 0.15) is 63.9 Å². The van der Waals surface area contributed by atoms with Crippen LogP contribution < -0.4 is 11.1 Å². The summed E-state index contributed by atoms with van der Waals surface area (Å²) in [5, 5.41) is 3.18. The summed E-state index contributed by atoms with van der Waals surface area (Å²) in [4.78, 5) is 30.0. The van der Waals surface area contributed by atoms with Gasteiger partial charge in [-0.2, -0.15) is 0 Å². The van der Waals surface area contributed by atoms with E-state index in [4.69, 9.17) is 10.5 Å². The Balaban J connectivity index is 1.43. The van der Waals surface area contributed by atoms with Crippen LogP contribution in [0.3, 0.4) is 0 Å². The van der Waals surface area contributed by atoms with E-state index in [9.17, 15) is 14.0 Å². The Labute approximate surface area is 214 Å². The number of carbonyl (C=O) groups is 2. The molecule has 1 aliphatic carbocycles. The van der Waals surface area contributed by atoms with E-state index in [0.29, 0.717) is 44.4 Å². The van der Waals surface area contributed by atoms with Gasteiger partial charge in [0.2, 0.25) is 11.8 Å². The van der Waals surface area contributed by atoms with Crippen molar-refractivity contribution in [1.29, 1.82) is 0 Å². The van der Waals surface area contributed by atoms with Crippen molar-refractivity contribution in [3.05, 3.63) is 35.6 Å². The lowest BCUT2D eigenvalue weighted by Gasteiger charge is -2.43. The van der Waals surface area contributed by atoms with E-state index < -0.39 is 6.04 Å². The van der Waals surface area contributed by atoms with Crippen LogP contribution in [0, 0.1) is 17.7 Å². The smallest absolute Gasteiger partial charge is 0.242 e. The molecular formula is C28H43FN4O3. The first-order valence-corrected chi connectivity index (χ1v) is 13.8. The molecule has 2 aliphatic heterocycles. The van der Waals surface area contributed by atoms with Crippen molar-refractivity contribution in [2.75, 3.05) is 32.8 Å². The molecule has 0 bridgehead atoms. The number of nitrogens with zero attached hydrogens (tertiary/aromatic N) is 2. The molecule has 2 heterocycles. The molecule has 1 aromatic rings. The summed E-state index contributed by atoms with van der Waals surface area (Å²) in [6, 6.07) is 6.30. The summed E-state index contributed by atoms with van der Waals surface area (Å²) in [5.41, 5.74) is 6.93. The largest absolute Gasteiger partial charge is 0.377 e. The number of piperidine rings is 1. The monoisotopic (exact) mass is 502 g/mol. The van der Waals surface area contributed by atoms with Crippen molar-refractivity contribution in [2.24, 2.45) is 17.6 Å². The minimum absolute atomic E-state index is 0.0522. The van der Waals surface area contributed by atoms with Gasteiger partial charge in [-0.05, 0) is 81.0 Å². The van der Waals surface area contributed by atoms with Crippen LogP contribution in [0.2, 0.25) is 0 Å². The van der Waals surface area contributed by atoms with Crippen molar-refractivity contribution in [3.8, 4) is 0 Å². The molecule has 36 heavy (non-hydrogen) atoms. The standard InChI is InChI=1S/C28H43FN4O3/c1-20(34)33-12-11-25(15-27(33)28(35)31-17-23-5-2-4-22(14-23)16-30)32(19-26-6-3-13-36-26)18-21-7-9-24(29)10-8-21/h7-10,22-23,25-27H,2-6,11-19,30H2,1H3,(H,31,35)/t22?,23?,25?,26?,27-/m1/s1. The molecule has 5 atom stereocenters. The molecule has 1 saturated carbocycles. The third-order valence-corrected chi connectivity index (χ3v) is 8.35. The van der Waals surface area contributed by atoms with Crippen LogP contribution in [-0.2, 0) is 20.9 Å². The Kier molecular flexibility index (Phi) is 9.73. The molecule has 0 spiro atoms. The second kappa shape index (κ2) is 13.0. The average Bonchev–Trinajstić information content (AvgIpc) is 3.41. The Morgan fingerprint density at radius 1 is 1.11 bits per heavy atom. The molecule has 3 N–H and O–H groups in total. The third kappa shape index (κ3) is 7.26. The zero-order chi connectivity index (χ0) is 25.5. The topological polar surface area (TPSA) is 87.9 Å². The van der Waals surface area contributed by atoms with Crippen LogP contribution in [0.15, 0.2) is 24.3 Å². The Hall–Kier alpha value is -2.03. The molecule has 200 valence electrons. The first-order valence-electron chi connectivity index (χ1n) is 13.8. The van der Waals surface area contributed by atoms with Crippen LogP contribution in [0.5, 0.6) is 0 Å². The Morgan fingerprint density at radius 2 is 1.89 bits per heavy atom. The minimum Gasteiger partial charge on any atom is -0.377 e. The van der Waals surface area contributed by atoms with Crippen molar-refractivity contribution < 1.29 is 18.7 Å². The maximum absolute atomic E-state index is 13.5. The van der Waals surface area contributed by atoms with Gasteiger partial charge >= 0.3 is 0 Å². The van der Waals surface area contributed by atoms with Crippen molar-refractivity contribution in [1.82, 2.24) is 15.1 Å². The van der Waals surface area contributed by atoms with Gasteiger partial charge in [-0.3, -0.25) is 14.5 Å². The van der Waals surface area contributed by atoms with Crippen LogP contribution in [-0.4, -0.2) is 72.6 Å².